The van der Waals surface area contributed by atoms with Crippen LogP contribution in [0.5, 0.6) is 0 Å². The highest BCUT2D eigenvalue weighted by Crippen LogP contribution is 2.13. The molecule has 0 saturated carbocycles. The van der Waals surface area contributed by atoms with E-state index in [-0.39, 0.29) is 11.5 Å². The van der Waals surface area contributed by atoms with Gasteiger partial charge in [-0.1, -0.05) is 36.4 Å². The summed E-state index contributed by atoms with van der Waals surface area (Å²) in [4.78, 5) is 14.8. The van der Waals surface area contributed by atoms with E-state index in [9.17, 15) is 4.79 Å². The molecule has 1 heterocycles. The Morgan fingerprint density at radius 3 is 2.65 bits per heavy atom. The second-order valence-electron chi connectivity index (χ2n) is 4.93. The molecule has 2 N–H and O–H groups in total. The van der Waals surface area contributed by atoms with Gasteiger partial charge in [-0.2, -0.15) is 5.26 Å². The summed E-state index contributed by atoms with van der Waals surface area (Å²) in [5.74, 6) is 0.238. The van der Waals surface area contributed by atoms with Crippen molar-refractivity contribution in [3.63, 3.8) is 0 Å². The first-order valence-electron chi connectivity index (χ1n) is 7.01. The number of hydrogen-bond donors (Lipinski definition) is 2. The van der Waals surface area contributed by atoms with Gasteiger partial charge < -0.3 is 5.32 Å². The van der Waals surface area contributed by atoms with Gasteiger partial charge >= 0.3 is 0 Å². The third-order valence-corrected chi connectivity index (χ3v) is 3.23. The number of hydrogen-bond acceptors (Lipinski definition) is 5. The number of anilines is 2. The lowest BCUT2D eigenvalue weighted by Gasteiger charge is -2.05. The van der Waals surface area contributed by atoms with Crippen LogP contribution in [-0.2, 0) is 6.42 Å². The quantitative estimate of drug-likeness (QED) is 0.771. The van der Waals surface area contributed by atoms with E-state index >= 15 is 0 Å². The number of rotatable bonds is 4. The van der Waals surface area contributed by atoms with E-state index < -0.39 is 0 Å². The molecular formula is C17H13N5O. The van der Waals surface area contributed by atoms with E-state index in [1.807, 2.05) is 30.3 Å². The van der Waals surface area contributed by atoms with Crippen molar-refractivity contribution in [2.24, 2.45) is 0 Å². The first kappa shape index (κ1) is 14.5. The van der Waals surface area contributed by atoms with Gasteiger partial charge in [0.05, 0.1) is 11.6 Å². The van der Waals surface area contributed by atoms with Crippen LogP contribution in [0.1, 0.15) is 16.8 Å². The Balaban J connectivity index is 1.79. The zero-order chi connectivity index (χ0) is 16.1. The Bertz CT molecular complexity index is 912. The lowest BCUT2D eigenvalue weighted by molar-refractivity contribution is 0.874. The molecule has 0 unspecified atom stereocenters. The molecule has 0 spiro atoms. The Hall–Kier alpha value is -3.46. The summed E-state index contributed by atoms with van der Waals surface area (Å²) in [6, 6.07) is 18.5. The average Bonchev–Trinajstić information content (AvgIpc) is 2.58. The third kappa shape index (κ3) is 3.60. The summed E-state index contributed by atoms with van der Waals surface area (Å²) in [5, 5.41) is 19.8. The van der Waals surface area contributed by atoms with Gasteiger partial charge in [0.1, 0.15) is 5.69 Å². The lowest BCUT2D eigenvalue weighted by Crippen LogP contribution is -2.18. The van der Waals surface area contributed by atoms with Crippen LogP contribution in [0.25, 0.3) is 0 Å². The van der Waals surface area contributed by atoms with Crippen LogP contribution in [0.4, 0.5) is 11.6 Å². The van der Waals surface area contributed by atoms with Crippen molar-refractivity contribution < 1.29 is 0 Å². The molecule has 0 aliphatic rings. The van der Waals surface area contributed by atoms with Gasteiger partial charge in [-0.3, -0.25) is 9.78 Å². The number of aromatic amines is 1. The maximum Gasteiger partial charge on any atom is 0.274 e. The van der Waals surface area contributed by atoms with Crippen LogP contribution >= 0.6 is 0 Å². The minimum Gasteiger partial charge on any atom is -0.324 e. The van der Waals surface area contributed by atoms with Crippen LogP contribution in [0, 0.1) is 11.3 Å². The molecule has 0 radical (unpaired) electrons. The smallest absolute Gasteiger partial charge is 0.274 e. The molecule has 1 aromatic heterocycles. The molecule has 6 nitrogen and oxygen atoms in total. The molecule has 0 bridgehead atoms. The van der Waals surface area contributed by atoms with Crippen LogP contribution in [-0.4, -0.2) is 15.2 Å². The average molecular weight is 303 g/mol. The highest BCUT2D eigenvalue weighted by Gasteiger charge is 2.06. The fourth-order valence-corrected chi connectivity index (χ4v) is 2.12. The maximum absolute atomic E-state index is 12.1. The van der Waals surface area contributed by atoms with Gasteiger partial charge in [-0.05, 0) is 23.8 Å². The van der Waals surface area contributed by atoms with Gasteiger partial charge in [0.15, 0.2) is 0 Å². The fraction of sp³-hybridized carbons (Fsp3) is 0.0588. The summed E-state index contributed by atoms with van der Waals surface area (Å²) < 4.78 is 0. The van der Waals surface area contributed by atoms with Crippen molar-refractivity contribution in [3.8, 4) is 6.07 Å². The minimum atomic E-state index is -0.289. The van der Waals surface area contributed by atoms with Crippen molar-refractivity contribution >= 4 is 11.6 Å². The van der Waals surface area contributed by atoms with Crippen molar-refractivity contribution in [3.05, 3.63) is 81.8 Å². The predicted octanol–water partition coefficient (Wildman–Crippen LogP) is 2.37. The molecule has 0 amide bonds. The Morgan fingerprint density at radius 2 is 1.91 bits per heavy atom. The van der Waals surface area contributed by atoms with E-state index in [0.717, 1.165) is 5.56 Å². The van der Waals surface area contributed by atoms with Gasteiger partial charge in [0.2, 0.25) is 5.95 Å². The number of nitrogens with zero attached hydrogens (tertiary/aromatic N) is 3. The van der Waals surface area contributed by atoms with E-state index in [1.165, 1.54) is 0 Å². The molecule has 23 heavy (non-hydrogen) atoms. The van der Waals surface area contributed by atoms with Crippen LogP contribution in [0.15, 0.2) is 59.4 Å². The fourth-order valence-electron chi connectivity index (χ4n) is 2.12. The van der Waals surface area contributed by atoms with E-state index in [1.54, 1.807) is 24.3 Å². The number of nitrogens with one attached hydrogen (secondary N) is 2. The highest BCUT2D eigenvalue weighted by atomic mass is 16.1. The monoisotopic (exact) mass is 303 g/mol. The number of aromatic nitrogens is 3. The maximum atomic E-state index is 12.1. The molecule has 6 heteroatoms. The van der Waals surface area contributed by atoms with Crippen LogP contribution in [0.2, 0.25) is 0 Å². The molecule has 2 aromatic carbocycles. The molecule has 0 aliphatic heterocycles. The molecule has 0 fully saturated rings. The van der Waals surface area contributed by atoms with Crippen molar-refractivity contribution in [2.75, 3.05) is 5.32 Å². The Labute approximate surface area is 132 Å². The summed E-state index contributed by atoms with van der Waals surface area (Å²) in [6.07, 6.45) is 0.424. The molecular weight excluding hydrogens is 290 g/mol. The summed E-state index contributed by atoms with van der Waals surface area (Å²) in [6.45, 7) is 0. The molecule has 3 aromatic rings. The van der Waals surface area contributed by atoms with Crippen molar-refractivity contribution in [1.29, 1.82) is 5.26 Å². The topological polar surface area (TPSA) is 94.5 Å². The van der Waals surface area contributed by atoms with Crippen LogP contribution in [0.3, 0.4) is 0 Å². The van der Waals surface area contributed by atoms with E-state index in [4.69, 9.17) is 5.26 Å². The van der Waals surface area contributed by atoms with Gasteiger partial charge in [0.25, 0.3) is 5.56 Å². The standard InChI is InChI=1S/C17H13N5O/c18-11-13-7-4-8-14(9-13)19-17-20-16(23)15(21-22-17)10-12-5-2-1-3-6-12/h1-9H,10H2,(H2,19,20,22,23). The predicted molar refractivity (Wildman–Crippen MR) is 86.3 cm³/mol. The largest absolute Gasteiger partial charge is 0.324 e. The van der Waals surface area contributed by atoms with E-state index in [2.05, 4.69) is 26.6 Å². The molecule has 3 rings (SSSR count). The van der Waals surface area contributed by atoms with E-state index in [0.29, 0.717) is 23.4 Å². The lowest BCUT2D eigenvalue weighted by atomic mass is 10.1. The van der Waals surface area contributed by atoms with Crippen molar-refractivity contribution in [1.82, 2.24) is 15.2 Å². The third-order valence-electron chi connectivity index (χ3n) is 3.23. The normalized spacial score (nSPS) is 10.0. The second-order valence-corrected chi connectivity index (χ2v) is 4.93. The zero-order valence-corrected chi connectivity index (χ0v) is 12.2. The Morgan fingerprint density at radius 1 is 1.09 bits per heavy atom. The van der Waals surface area contributed by atoms with Gasteiger partial charge in [-0.25, -0.2) is 0 Å². The number of benzene rings is 2. The van der Waals surface area contributed by atoms with Gasteiger partial charge in [-0.15, -0.1) is 10.2 Å². The first-order chi connectivity index (χ1) is 11.2. The summed E-state index contributed by atoms with van der Waals surface area (Å²) in [5.41, 5.74) is 2.24. The summed E-state index contributed by atoms with van der Waals surface area (Å²) in [7, 11) is 0. The number of H-pyrrole nitrogens is 1. The van der Waals surface area contributed by atoms with Crippen molar-refractivity contribution in [2.45, 2.75) is 6.42 Å². The van der Waals surface area contributed by atoms with Crippen LogP contribution < -0.4 is 10.9 Å². The molecule has 0 saturated heterocycles. The highest BCUT2D eigenvalue weighted by molar-refractivity contribution is 5.55. The molecule has 0 aliphatic carbocycles. The molecule has 112 valence electrons. The molecule has 0 atom stereocenters. The second kappa shape index (κ2) is 6.54. The zero-order valence-electron chi connectivity index (χ0n) is 12.2. The minimum absolute atomic E-state index is 0.238. The first-order valence-corrected chi connectivity index (χ1v) is 7.01. The van der Waals surface area contributed by atoms with Gasteiger partial charge in [0, 0.05) is 12.1 Å². The summed E-state index contributed by atoms with van der Waals surface area (Å²) >= 11 is 0. The number of nitriles is 1. The SMILES string of the molecule is N#Cc1cccc(Nc2nnc(Cc3ccccc3)c(=O)[nH]2)c1. The Kier molecular flexibility index (Phi) is 4.11.